The standard InChI is InChI=1S/C17H22BrNO3/c1-11-9-19(10-22-8-7-17(2,3)4)15-12(16(20)21)5-6-13(18)14(11)15/h5-6,9H,7-8,10H2,1-4H3,(H,20,21). The molecule has 0 amide bonds. The molecular formula is C17H22BrNO3. The molecule has 0 saturated carbocycles. The number of carboxylic acids is 1. The van der Waals surface area contributed by atoms with Crippen LogP contribution in [-0.4, -0.2) is 22.2 Å². The maximum absolute atomic E-state index is 11.5. The van der Waals surface area contributed by atoms with Gasteiger partial charge in [0.15, 0.2) is 0 Å². The zero-order valence-electron chi connectivity index (χ0n) is 13.4. The van der Waals surface area contributed by atoms with Gasteiger partial charge in [-0.2, -0.15) is 0 Å². The van der Waals surface area contributed by atoms with E-state index in [1.165, 1.54) is 0 Å². The molecule has 0 fully saturated rings. The minimum Gasteiger partial charge on any atom is -0.478 e. The highest BCUT2D eigenvalue weighted by Gasteiger charge is 2.17. The highest BCUT2D eigenvalue weighted by Crippen LogP contribution is 2.31. The summed E-state index contributed by atoms with van der Waals surface area (Å²) in [6.45, 7) is 9.50. The number of halogens is 1. The van der Waals surface area contributed by atoms with Crippen molar-refractivity contribution in [2.24, 2.45) is 5.41 Å². The molecule has 0 bridgehead atoms. The third-order valence-electron chi connectivity index (χ3n) is 3.62. The molecule has 0 unspecified atom stereocenters. The van der Waals surface area contributed by atoms with E-state index in [1.54, 1.807) is 12.1 Å². The number of aromatic carboxylic acids is 1. The van der Waals surface area contributed by atoms with Crippen molar-refractivity contribution >= 4 is 32.8 Å². The third kappa shape index (κ3) is 3.70. The van der Waals surface area contributed by atoms with Crippen LogP contribution in [0.1, 0.15) is 43.1 Å². The molecule has 120 valence electrons. The van der Waals surface area contributed by atoms with Crippen LogP contribution in [0.2, 0.25) is 0 Å². The first kappa shape index (κ1) is 17.0. The highest BCUT2D eigenvalue weighted by atomic mass is 79.9. The number of carbonyl (C=O) groups is 1. The number of nitrogens with zero attached hydrogens (tertiary/aromatic N) is 1. The predicted octanol–water partition coefficient (Wildman–Crippen LogP) is 4.82. The number of aryl methyl sites for hydroxylation is 1. The summed E-state index contributed by atoms with van der Waals surface area (Å²) in [6, 6.07) is 3.41. The van der Waals surface area contributed by atoms with Crippen LogP contribution in [0.3, 0.4) is 0 Å². The van der Waals surface area contributed by atoms with E-state index >= 15 is 0 Å². The van der Waals surface area contributed by atoms with Crippen LogP contribution >= 0.6 is 15.9 Å². The number of rotatable bonds is 5. The first-order valence-corrected chi connectivity index (χ1v) is 8.09. The zero-order chi connectivity index (χ0) is 16.5. The van der Waals surface area contributed by atoms with Crippen molar-refractivity contribution < 1.29 is 14.6 Å². The molecular weight excluding hydrogens is 346 g/mol. The SMILES string of the molecule is Cc1cn(COCCC(C)(C)C)c2c(C(=O)O)ccc(Br)c12. The lowest BCUT2D eigenvalue weighted by Gasteiger charge is -2.18. The van der Waals surface area contributed by atoms with E-state index in [9.17, 15) is 9.90 Å². The summed E-state index contributed by atoms with van der Waals surface area (Å²) in [7, 11) is 0. The van der Waals surface area contributed by atoms with E-state index in [0.29, 0.717) is 24.4 Å². The van der Waals surface area contributed by atoms with Gasteiger partial charge in [-0.3, -0.25) is 0 Å². The quantitative estimate of drug-likeness (QED) is 0.770. The van der Waals surface area contributed by atoms with Gasteiger partial charge < -0.3 is 14.4 Å². The number of ether oxygens (including phenoxy) is 1. The lowest BCUT2D eigenvalue weighted by molar-refractivity contribution is 0.0608. The van der Waals surface area contributed by atoms with Gasteiger partial charge in [-0.15, -0.1) is 0 Å². The molecule has 0 saturated heterocycles. The average molecular weight is 368 g/mol. The summed E-state index contributed by atoms with van der Waals surface area (Å²) in [5.74, 6) is -0.924. The Kier molecular flexibility index (Phi) is 4.97. The van der Waals surface area contributed by atoms with Crippen LogP contribution in [0.15, 0.2) is 22.8 Å². The van der Waals surface area contributed by atoms with Crippen LogP contribution in [0.25, 0.3) is 10.9 Å². The fraction of sp³-hybridized carbons (Fsp3) is 0.471. The third-order valence-corrected chi connectivity index (χ3v) is 4.28. The predicted molar refractivity (Wildman–Crippen MR) is 91.4 cm³/mol. The van der Waals surface area contributed by atoms with Gasteiger partial charge >= 0.3 is 5.97 Å². The molecule has 0 spiro atoms. The number of hydrogen-bond acceptors (Lipinski definition) is 2. The van der Waals surface area contributed by atoms with Gasteiger partial charge in [0.2, 0.25) is 0 Å². The number of fused-ring (bicyclic) bond motifs is 1. The van der Waals surface area contributed by atoms with Crippen molar-refractivity contribution in [1.29, 1.82) is 0 Å². The van der Waals surface area contributed by atoms with Gasteiger partial charge in [-0.1, -0.05) is 36.7 Å². The molecule has 1 N–H and O–H groups in total. The Hall–Kier alpha value is -1.33. The van der Waals surface area contributed by atoms with E-state index in [-0.39, 0.29) is 5.41 Å². The second kappa shape index (κ2) is 6.42. The highest BCUT2D eigenvalue weighted by molar-refractivity contribution is 9.10. The summed E-state index contributed by atoms with van der Waals surface area (Å²) in [5.41, 5.74) is 2.26. The molecule has 22 heavy (non-hydrogen) atoms. The largest absolute Gasteiger partial charge is 0.478 e. The van der Waals surface area contributed by atoms with E-state index < -0.39 is 5.97 Å². The Morgan fingerprint density at radius 3 is 2.64 bits per heavy atom. The first-order valence-electron chi connectivity index (χ1n) is 7.30. The summed E-state index contributed by atoms with van der Waals surface area (Å²) in [4.78, 5) is 11.5. The number of aromatic nitrogens is 1. The molecule has 5 heteroatoms. The molecule has 1 aromatic heterocycles. The Morgan fingerprint density at radius 1 is 1.36 bits per heavy atom. The van der Waals surface area contributed by atoms with Gasteiger partial charge in [-0.05, 0) is 36.5 Å². The molecule has 1 heterocycles. The van der Waals surface area contributed by atoms with Crippen LogP contribution < -0.4 is 0 Å². The Morgan fingerprint density at radius 2 is 2.05 bits per heavy atom. The van der Waals surface area contributed by atoms with E-state index in [0.717, 1.165) is 21.8 Å². The second-order valence-corrected chi connectivity index (χ2v) is 7.61. The fourth-order valence-electron chi connectivity index (χ4n) is 2.42. The molecule has 4 nitrogen and oxygen atoms in total. The van der Waals surface area contributed by atoms with Crippen molar-refractivity contribution in [3.8, 4) is 0 Å². The van der Waals surface area contributed by atoms with Crippen LogP contribution in [0, 0.1) is 12.3 Å². The van der Waals surface area contributed by atoms with Gasteiger partial charge in [-0.25, -0.2) is 4.79 Å². The molecule has 2 rings (SSSR count). The average Bonchev–Trinajstić information content (AvgIpc) is 2.72. The van der Waals surface area contributed by atoms with E-state index in [2.05, 4.69) is 36.7 Å². The monoisotopic (exact) mass is 367 g/mol. The van der Waals surface area contributed by atoms with Crippen LogP contribution in [0.4, 0.5) is 0 Å². The lowest BCUT2D eigenvalue weighted by Crippen LogP contribution is -2.11. The van der Waals surface area contributed by atoms with Crippen molar-refractivity contribution in [1.82, 2.24) is 4.57 Å². The molecule has 0 radical (unpaired) electrons. The van der Waals surface area contributed by atoms with Gasteiger partial charge in [0.05, 0.1) is 11.1 Å². The summed E-state index contributed by atoms with van der Waals surface area (Å²) in [5, 5.41) is 10.3. The Bertz CT molecular complexity index is 698. The molecule has 0 aliphatic rings. The molecule has 1 aromatic carbocycles. The molecule has 2 aromatic rings. The van der Waals surface area contributed by atoms with Crippen molar-refractivity contribution in [3.63, 3.8) is 0 Å². The minimum atomic E-state index is -0.924. The van der Waals surface area contributed by atoms with Crippen LogP contribution in [0.5, 0.6) is 0 Å². The van der Waals surface area contributed by atoms with Gasteiger partial charge in [0.1, 0.15) is 6.73 Å². The fourth-order valence-corrected chi connectivity index (χ4v) is 3.05. The van der Waals surface area contributed by atoms with Crippen molar-refractivity contribution in [2.45, 2.75) is 40.8 Å². The maximum atomic E-state index is 11.5. The van der Waals surface area contributed by atoms with E-state index in [1.807, 2.05) is 17.7 Å². The second-order valence-electron chi connectivity index (χ2n) is 6.75. The summed E-state index contributed by atoms with van der Waals surface area (Å²) >= 11 is 3.51. The molecule has 0 aliphatic heterocycles. The topological polar surface area (TPSA) is 51.5 Å². The minimum absolute atomic E-state index is 0.226. The lowest BCUT2D eigenvalue weighted by atomic mass is 9.93. The molecule has 0 aliphatic carbocycles. The summed E-state index contributed by atoms with van der Waals surface area (Å²) < 4.78 is 8.52. The molecule has 0 atom stereocenters. The Labute approximate surface area is 139 Å². The summed E-state index contributed by atoms with van der Waals surface area (Å²) in [6.07, 6.45) is 2.90. The number of hydrogen-bond donors (Lipinski definition) is 1. The zero-order valence-corrected chi connectivity index (χ0v) is 15.0. The normalized spacial score (nSPS) is 12.0. The number of benzene rings is 1. The van der Waals surface area contributed by atoms with Crippen molar-refractivity contribution in [2.75, 3.05) is 6.61 Å². The first-order chi connectivity index (χ1) is 10.2. The number of carboxylic acid groups (broad SMARTS) is 1. The van der Waals surface area contributed by atoms with E-state index in [4.69, 9.17) is 4.74 Å². The maximum Gasteiger partial charge on any atom is 0.337 e. The Balaban J connectivity index is 2.30. The van der Waals surface area contributed by atoms with Gasteiger partial charge in [0, 0.05) is 22.7 Å². The van der Waals surface area contributed by atoms with Gasteiger partial charge in [0.25, 0.3) is 0 Å². The van der Waals surface area contributed by atoms with Crippen LogP contribution in [-0.2, 0) is 11.5 Å². The smallest absolute Gasteiger partial charge is 0.337 e. The van der Waals surface area contributed by atoms with Crippen molar-refractivity contribution in [3.05, 3.63) is 33.9 Å².